The van der Waals surface area contributed by atoms with Crippen molar-refractivity contribution in [2.75, 3.05) is 14.1 Å². The van der Waals surface area contributed by atoms with Crippen molar-refractivity contribution in [1.82, 2.24) is 10.2 Å². The van der Waals surface area contributed by atoms with E-state index in [1.54, 1.807) is 0 Å². The average molecular weight is 290 g/mol. The summed E-state index contributed by atoms with van der Waals surface area (Å²) in [5, 5.41) is 13.1. The van der Waals surface area contributed by atoms with E-state index in [4.69, 9.17) is 0 Å². The van der Waals surface area contributed by atoms with Crippen LogP contribution in [0.25, 0.3) is 0 Å². The molecule has 1 aliphatic rings. The number of nitrogens with one attached hydrogen (secondary N) is 1. The van der Waals surface area contributed by atoms with Gasteiger partial charge in [0.2, 0.25) is 5.91 Å². The molecule has 0 unspecified atom stereocenters. The lowest BCUT2D eigenvalue weighted by Gasteiger charge is -2.21. The summed E-state index contributed by atoms with van der Waals surface area (Å²) in [5.41, 5.74) is 1.58. The Morgan fingerprint density at radius 3 is 2.33 bits per heavy atom. The van der Waals surface area contributed by atoms with Crippen LogP contribution in [0.5, 0.6) is 0 Å². The van der Waals surface area contributed by atoms with E-state index >= 15 is 0 Å². The molecule has 1 fully saturated rings. The minimum absolute atomic E-state index is 0.0585. The monoisotopic (exact) mass is 290 g/mol. The van der Waals surface area contributed by atoms with E-state index in [9.17, 15) is 9.90 Å². The van der Waals surface area contributed by atoms with Crippen LogP contribution in [-0.4, -0.2) is 35.6 Å². The van der Waals surface area contributed by atoms with Gasteiger partial charge in [0.15, 0.2) is 0 Å². The second kappa shape index (κ2) is 7.05. The minimum atomic E-state index is -0.764. The Balaban J connectivity index is 1.78. The molecular formula is C17H26N2O2. The second-order valence-corrected chi connectivity index (χ2v) is 6.44. The van der Waals surface area contributed by atoms with E-state index in [2.05, 4.69) is 22.3 Å². The first-order valence-corrected chi connectivity index (χ1v) is 7.68. The molecule has 1 aromatic carbocycles. The molecule has 1 aromatic rings. The largest absolute Gasteiger partial charge is 0.389 e. The van der Waals surface area contributed by atoms with Gasteiger partial charge in [-0.1, -0.05) is 37.1 Å². The van der Waals surface area contributed by atoms with E-state index in [1.165, 1.54) is 5.56 Å². The number of benzene rings is 1. The van der Waals surface area contributed by atoms with Gasteiger partial charge in [-0.25, -0.2) is 0 Å². The van der Waals surface area contributed by atoms with Crippen LogP contribution in [-0.2, 0) is 17.9 Å². The fraction of sp³-hybridized carbons (Fsp3) is 0.588. The second-order valence-electron chi connectivity index (χ2n) is 6.44. The maximum absolute atomic E-state index is 11.9. The minimum Gasteiger partial charge on any atom is -0.389 e. The van der Waals surface area contributed by atoms with Crippen LogP contribution >= 0.6 is 0 Å². The summed E-state index contributed by atoms with van der Waals surface area (Å²) in [4.78, 5) is 14.0. The first-order chi connectivity index (χ1) is 9.97. The van der Waals surface area contributed by atoms with Gasteiger partial charge in [-0.3, -0.25) is 4.79 Å². The molecule has 0 heterocycles. The van der Waals surface area contributed by atoms with Crippen LogP contribution in [0.2, 0.25) is 0 Å². The lowest BCUT2D eigenvalue weighted by molar-refractivity contribution is -0.126. The fourth-order valence-corrected chi connectivity index (χ4v) is 2.90. The zero-order chi connectivity index (χ0) is 15.3. The molecule has 0 saturated heterocycles. The van der Waals surface area contributed by atoms with E-state index in [0.717, 1.165) is 37.8 Å². The quantitative estimate of drug-likeness (QED) is 0.843. The van der Waals surface area contributed by atoms with Crippen molar-refractivity contribution in [3.8, 4) is 0 Å². The van der Waals surface area contributed by atoms with Gasteiger partial charge in [0, 0.05) is 13.1 Å². The highest BCUT2D eigenvalue weighted by Crippen LogP contribution is 2.32. The van der Waals surface area contributed by atoms with Gasteiger partial charge in [0.05, 0.1) is 12.0 Å². The Labute approximate surface area is 127 Å². The van der Waals surface area contributed by atoms with E-state index < -0.39 is 5.60 Å². The van der Waals surface area contributed by atoms with Crippen LogP contribution < -0.4 is 5.32 Å². The van der Waals surface area contributed by atoms with Crippen molar-refractivity contribution >= 4 is 5.91 Å². The Morgan fingerprint density at radius 2 is 1.76 bits per heavy atom. The SMILES string of the molecule is CN(C)Cc1ccc(CNC(=O)CC2(O)CCCC2)cc1. The summed E-state index contributed by atoms with van der Waals surface area (Å²) >= 11 is 0. The molecule has 1 aliphatic carbocycles. The van der Waals surface area contributed by atoms with Gasteiger partial charge < -0.3 is 15.3 Å². The Hall–Kier alpha value is -1.39. The number of rotatable bonds is 6. The van der Waals surface area contributed by atoms with Crippen molar-refractivity contribution < 1.29 is 9.90 Å². The van der Waals surface area contributed by atoms with Gasteiger partial charge in [0.1, 0.15) is 0 Å². The zero-order valence-corrected chi connectivity index (χ0v) is 13.1. The molecule has 0 aromatic heterocycles. The highest BCUT2D eigenvalue weighted by Gasteiger charge is 2.33. The highest BCUT2D eigenvalue weighted by atomic mass is 16.3. The van der Waals surface area contributed by atoms with Crippen molar-refractivity contribution in [1.29, 1.82) is 0 Å². The molecule has 2 rings (SSSR count). The Morgan fingerprint density at radius 1 is 1.19 bits per heavy atom. The third kappa shape index (κ3) is 5.14. The summed E-state index contributed by atoms with van der Waals surface area (Å²) in [6, 6.07) is 8.27. The van der Waals surface area contributed by atoms with Crippen molar-refractivity contribution in [2.24, 2.45) is 0 Å². The lowest BCUT2D eigenvalue weighted by atomic mass is 9.97. The molecule has 21 heavy (non-hydrogen) atoms. The highest BCUT2D eigenvalue weighted by molar-refractivity contribution is 5.77. The van der Waals surface area contributed by atoms with Gasteiger partial charge in [-0.2, -0.15) is 0 Å². The molecular weight excluding hydrogens is 264 g/mol. The summed E-state index contributed by atoms with van der Waals surface area (Å²) in [5.74, 6) is -0.0585. The van der Waals surface area contributed by atoms with Gasteiger partial charge in [-0.05, 0) is 38.1 Å². The van der Waals surface area contributed by atoms with Crippen LogP contribution in [0.4, 0.5) is 0 Å². The number of hydrogen-bond donors (Lipinski definition) is 2. The number of carbonyl (C=O) groups is 1. The standard InChI is InChI=1S/C17H26N2O2/c1-19(2)13-15-7-5-14(6-8-15)12-18-16(20)11-17(21)9-3-4-10-17/h5-8,21H,3-4,9-13H2,1-2H3,(H,18,20). The van der Waals surface area contributed by atoms with E-state index in [-0.39, 0.29) is 12.3 Å². The average Bonchev–Trinajstić information content (AvgIpc) is 2.84. The molecule has 4 heteroatoms. The number of aliphatic hydroxyl groups is 1. The number of amides is 1. The first-order valence-electron chi connectivity index (χ1n) is 7.68. The zero-order valence-electron chi connectivity index (χ0n) is 13.1. The molecule has 0 aliphatic heterocycles. The van der Waals surface area contributed by atoms with Crippen LogP contribution in [0.1, 0.15) is 43.2 Å². The molecule has 0 radical (unpaired) electrons. The Bertz CT molecular complexity index is 462. The summed E-state index contributed by atoms with van der Waals surface area (Å²) < 4.78 is 0. The van der Waals surface area contributed by atoms with Gasteiger partial charge >= 0.3 is 0 Å². The molecule has 4 nitrogen and oxygen atoms in total. The van der Waals surface area contributed by atoms with Crippen molar-refractivity contribution in [3.05, 3.63) is 35.4 Å². The van der Waals surface area contributed by atoms with Crippen LogP contribution in [0, 0.1) is 0 Å². The predicted molar refractivity (Wildman–Crippen MR) is 83.7 cm³/mol. The van der Waals surface area contributed by atoms with Gasteiger partial charge in [-0.15, -0.1) is 0 Å². The van der Waals surface area contributed by atoms with Crippen molar-refractivity contribution in [3.63, 3.8) is 0 Å². The normalized spacial score (nSPS) is 17.1. The molecule has 116 valence electrons. The number of carbonyl (C=O) groups excluding carboxylic acids is 1. The topological polar surface area (TPSA) is 52.6 Å². The molecule has 0 spiro atoms. The van der Waals surface area contributed by atoms with Crippen molar-refractivity contribution in [2.45, 2.75) is 50.8 Å². The third-order valence-corrected chi connectivity index (χ3v) is 4.04. The maximum Gasteiger partial charge on any atom is 0.223 e. The first kappa shape index (κ1) is 16.0. The lowest BCUT2D eigenvalue weighted by Crippen LogP contribution is -2.34. The summed E-state index contributed by atoms with van der Waals surface area (Å²) in [6.07, 6.45) is 3.78. The van der Waals surface area contributed by atoms with E-state index in [0.29, 0.717) is 6.54 Å². The molecule has 0 atom stereocenters. The maximum atomic E-state index is 11.9. The molecule has 1 saturated carbocycles. The summed E-state index contributed by atoms with van der Waals surface area (Å²) in [6.45, 7) is 1.44. The molecule has 1 amide bonds. The van der Waals surface area contributed by atoms with Crippen LogP contribution in [0.15, 0.2) is 24.3 Å². The van der Waals surface area contributed by atoms with E-state index in [1.807, 2.05) is 26.2 Å². The van der Waals surface area contributed by atoms with Crippen LogP contribution in [0.3, 0.4) is 0 Å². The number of hydrogen-bond acceptors (Lipinski definition) is 3. The molecule has 0 bridgehead atoms. The summed E-state index contributed by atoms with van der Waals surface area (Å²) in [7, 11) is 4.09. The molecule has 2 N–H and O–H groups in total. The fourth-order valence-electron chi connectivity index (χ4n) is 2.90. The smallest absolute Gasteiger partial charge is 0.223 e. The van der Waals surface area contributed by atoms with Gasteiger partial charge in [0.25, 0.3) is 0 Å². The third-order valence-electron chi connectivity index (χ3n) is 4.04. The number of nitrogens with zero attached hydrogens (tertiary/aromatic N) is 1. The Kier molecular flexibility index (Phi) is 5.37. The predicted octanol–water partition coefficient (Wildman–Crippen LogP) is 2.06.